The molecule has 1 aliphatic heterocycles. The Kier molecular flexibility index (Phi) is 3.38. The van der Waals surface area contributed by atoms with Crippen molar-refractivity contribution in [1.82, 2.24) is 4.98 Å². The lowest BCUT2D eigenvalue weighted by molar-refractivity contribution is 0.283. The molecule has 0 saturated carbocycles. The zero-order valence-corrected chi connectivity index (χ0v) is 11.3. The molecule has 0 atom stereocenters. The standard InChI is InChI=1S/C16H20N2O/c1-12-6-8-18(9-7-12)16-15-5-3-2-4-14(15)13(11-19)10-17-16/h2-5,10,12,19H,6-9,11H2,1H3. The fraction of sp³-hybridized carbons (Fsp3) is 0.438. The van der Waals surface area contributed by atoms with E-state index in [2.05, 4.69) is 28.9 Å². The van der Waals surface area contributed by atoms with Crippen molar-refractivity contribution in [1.29, 1.82) is 0 Å². The summed E-state index contributed by atoms with van der Waals surface area (Å²) in [6.45, 7) is 4.52. The number of piperidine rings is 1. The third-order valence-corrected chi connectivity index (χ3v) is 4.11. The van der Waals surface area contributed by atoms with Crippen LogP contribution >= 0.6 is 0 Å². The summed E-state index contributed by atoms with van der Waals surface area (Å²) >= 11 is 0. The third-order valence-electron chi connectivity index (χ3n) is 4.11. The Morgan fingerprint density at radius 2 is 1.89 bits per heavy atom. The minimum Gasteiger partial charge on any atom is -0.392 e. The number of nitrogens with zero attached hydrogens (tertiary/aromatic N) is 2. The number of benzene rings is 1. The van der Waals surface area contributed by atoms with E-state index < -0.39 is 0 Å². The molecular weight excluding hydrogens is 236 g/mol. The van der Waals surface area contributed by atoms with Gasteiger partial charge in [-0.3, -0.25) is 0 Å². The average molecular weight is 256 g/mol. The van der Waals surface area contributed by atoms with Crippen LogP contribution in [0.25, 0.3) is 10.8 Å². The topological polar surface area (TPSA) is 36.4 Å². The molecule has 1 fully saturated rings. The summed E-state index contributed by atoms with van der Waals surface area (Å²) in [5.41, 5.74) is 0.907. The van der Waals surface area contributed by atoms with E-state index in [0.29, 0.717) is 0 Å². The molecule has 0 aliphatic carbocycles. The number of anilines is 1. The van der Waals surface area contributed by atoms with Gasteiger partial charge in [0.2, 0.25) is 0 Å². The maximum Gasteiger partial charge on any atom is 0.136 e. The van der Waals surface area contributed by atoms with E-state index in [1.165, 1.54) is 12.8 Å². The van der Waals surface area contributed by atoms with Crippen molar-refractivity contribution >= 4 is 16.6 Å². The van der Waals surface area contributed by atoms with Crippen LogP contribution in [0.5, 0.6) is 0 Å². The lowest BCUT2D eigenvalue weighted by Crippen LogP contribution is -2.33. The molecule has 2 heterocycles. The van der Waals surface area contributed by atoms with E-state index in [1.807, 2.05) is 18.3 Å². The average Bonchev–Trinajstić information content (AvgIpc) is 2.47. The van der Waals surface area contributed by atoms with Gasteiger partial charge in [-0.2, -0.15) is 0 Å². The molecule has 2 aromatic rings. The normalized spacial score (nSPS) is 17.1. The SMILES string of the molecule is CC1CCN(c2ncc(CO)c3ccccc23)CC1. The highest BCUT2D eigenvalue weighted by Crippen LogP contribution is 2.29. The Hall–Kier alpha value is -1.61. The van der Waals surface area contributed by atoms with Crippen LogP contribution in [0.1, 0.15) is 25.3 Å². The van der Waals surface area contributed by atoms with Crippen molar-refractivity contribution < 1.29 is 5.11 Å². The van der Waals surface area contributed by atoms with Gasteiger partial charge in [0.1, 0.15) is 5.82 Å². The van der Waals surface area contributed by atoms with Crippen LogP contribution in [0.15, 0.2) is 30.5 Å². The van der Waals surface area contributed by atoms with Gasteiger partial charge >= 0.3 is 0 Å². The molecular formula is C16H20N2O. The second-order valence-corrected chi connectivity index (χ2v) is 5.48. The number of aromatic nitrogens is 1. The van der Waals surface area contributed by atoms with Gasteiger partial charge in [0, 0.05) is 30.2 Å². The predicted molar refractivity (Wildman–Crippen MR) is 78.3 cm³/mol. The van der Waals surface area contributed by atoms with E-state index in [9.17, 15) is 5.11 Å². The molecule has 0 amide bonds. The van der Waals surface area contributed by atoms with Crippen LogP contribution in [0.4, 0.5) is 5.82 Å². The minimum atomic E-state index is 0.0465. The smallest absolute Gasteiger partial charge is 0.136 e. The van der Waals surface area contributed by atoms with E-state index >= 15 is 0 Å². The number of hydrogen-bond donors (Lipinski definition) is 1. The molecule has 1 N–H and O–H groups in total. The fourth-order valence-corrected chi connectivity index (χ4v) is 2.83. The van der Waals surface area contributed by atoms with Crippen molar-refractivity contribution in [3.8, 4) is 0 Å². The highest BCUT2D eigenvalue weighted by molar-refractivity contribution is 5.94. The first-order valence-electron chi connectivity index (χ1n) is 7.02. The van der Waals surface area contributed by atoms with Crippen molar-refractivity contribution in [2.45, 2.75) is 26.4 Å². The van der Waals surface area contributed by atoms with Crippen molar-refractivity contribution in [3.05, 3.63) is 36.0 Å². The fourth-order valence-electron chi connectivity index (χ4n) is 2.83. The van der Waals surface area contributed by atoms with Gasteiger partial charge < -0.3 is 10.0 Å². The van der Waals surface area contributed by atoms with E-state index in [1.54, 1.807) is 0 Å². The Morgan fingerprint density at radius 3 is 2.58 bits per heavy atom. The maximum atomic E-state index is 9.42. The van der Waals surface area contributed by atoms with Crippen LogP contribution in [-0.2, 0) is 6.61 Å². The summed E-state index contributed by atoms with van der Waals surface area (Å²) in [5, 5.41) is 11.7. The number of fused-ring (bicyclic) bond motifs is 1. The summed E-state index contributed by atoms with van der Waals surface area (Å²) < 4.78 is 0. The van der Waals surface area contributed by atoms with Gasteiger partial charge in [-0.15, -0.1) is 0 Å². The molecule has 100 valence electrons. The molecule has 3 rings (SSSR count). The predicted octanol–water partition coefficient (Wildman–Crippen LogP) is 2.96. The monoisotopic (exact) mass is 256 g/mol. The molecule has 3 nitrogen and oxygen atoms in total. The Balaban J connectivity index is 2.04. The summed E-state index contributed by atoms with van der Waals surface area (Å²) in [6.07, 6.45) is 4.28. The van der Waals surface area contributed by atoms with E-state index in [-0.39, 0.29) is 6.61 Å². The molecule has 0 radical (unpaired) electrons. The Morgan fingerprint density at radius 1 is 1.21 bits per heavy atom. The van der Waals surface area contributed by atoms with Gasteiger partial charge in [-0.05, 0) is 24.1 Å². The lowest BCUT2D eigenvalue weighted by Gasteiger charge is -2.32. The van der Waals surface area contributed by atoms with Gasteiger partial charge in [-0.25, -0.2) is 4.98 Å². The molecule has 0 spiro atoms. The van der Waals surface area contributed by atoms with Crippen LogP contribution in [0.2, 0.25) is 0 Å². The first-order chi connectivity index (χ1) is 9.29. The van der Waals surface area contributed by atoms with E-state index in [0.717, 1.165) is 41.2 Å². The second-order valence-electron chi connectivity index (χ2n) is 5.48. The lowest BCUT2D eigenvalue weighted by atomic mass is 9.98. The molecule has 19 heavy (non-hydrogen) atoms. The highest BCUT2D eigenvalue weighted by atomic mass is 16.3. The molecule has 1 aliphatic rings. The summed E-state index contributed by atoms with van der Waals surface area (Å²) in [5.74, 6) is 1.89. The molecule has 1 saturated heterocycles. The molecule has 1 aromatic carbocycles. The van der Waals surface area contributed by atoms with Gasteiger partial charge in [0.05, 0.1) is 6.61 Å². The molecule has 0 bridgehead atoms. The number of aliphatic hydroxyl groups is 1. The first kappa shape index (κ1) is 12.4. The van der Waals surface area contributed by atoms with Crippen molar-refractivity contribution in [2.24, 2.45) is 5.92 Å². The second kappa shape index (κ2) is 5.17. The number of rotatable bonds is 2. The van der Waals surface area contributed by atoms with E-state index in [4.69, 9.17) is 0 Å². The molecule has 3 heteroatoms. The minimum absolute atomic E-state index is 0.0465. The van der Waals surface area contributed by atoms with Crippen molar-refractivity contribution in [3.63, 3.8) is 0 Å². The van der Waals surface area contributed by atoms with Crippen LogP contribution in [-0.4, -0.2) is 23.2 Å². The largest absolute Gasteiger partial charge is 0.392 e. The molecule has 1 aromatic heterocycles. The summed E-state index contributed by atoms with van der Waals surface area (Å²) in [4.78, 5) is 6.97. The first-order valence-corrected chi connectivity index (χ1v) is 7.02. The number of hydrogen-bond acceptors (Lipinski definition) is 3. The number of aliphatic hydroxyl groups excluding tert-OH is 1. The van der Waals surface area contributed by atoms with Gasteiger partial charge in [0.25, 0.3) is 0 Å². The quantitative estimate of drug-likeness (QED) is 0.897. The Bertz CT molecular complexity index is 574. The summed E-state index contributed by atoms with van der Waals surface area (Å²) in [7, 11) is 0. The van der Waals surface area contributed by atoms with Crippen molar-refractivity contribution in [2.75, 3.05) is 18.0 Å². The Labute approximate surface area is 113 Å². The van der Waals surface area contributed by atoms with Gasteiger partial charge in [-0.1, -0.05) is 31.2 Å². The third kappa shape index (κ3) is 2.30. The van der Waals surface area contributed by atoms with Gasteiger partial charge in [0.15, 0.2) is 0 Å². The van der Waals surface area contributed by atoms with Crippen LogP contribution < -0.4 is 4.90 Å². The zero-order valence-electron chi connectivity index (χ0n) is 11.3. The summed E-state index contributed by atoms with van der Waals surface area (Å²) in [6, 6.07) is 8.23. The van der Waals surface area contributed by atoms with Crippen LogP contribution in [0.3, 0.4) is 0 Å². The zero-order chi connectivity index (χ0) is 13.2. The highest BCUT2D eigenvalue weighted by Gasteiger charge is 2.19. The number of pyridine rings is 1. The maximum absolute atomic E-state index is 9.42. The molecule has 0 unspecified atom stereocenters. The van der Waals surface area contributed by atoms with Crippen LogP contribution in [0, 0.1) is 5.92 Å².